The number of fused-ring (bicyclic) bond motifs is 1. The maximum absolute atomic E-state index is 11.9. The van der Waals surface area contributed by atoms with Gasteiger partial charge >= 0.3 is 12.0 Å². The van der Waals surface area contributed by atoms with Gasteiger partial charge in [-0.15, -0.1) is 0 Å². The zero-order valence-corrected chi connectivity index (χ0v) is 12.0. The predicted octanol–water partition coefficient (Wildman–Crippen LogP) is 1.28. The van der Waals surface area contributed by atoms with E-state index in [-0.39, 0.29) is 25.9 Å². The van der Waals surface area contributed by atoms with E-state index in [1.165, 1.54) is 4.90 Å². The number of hydrogen-bond donors (Lipinski definition) is 2. The molecule has 1 aliphatic rings. The SMILES string of the molecule is CC(CN(C)C(=O)NCc1cccc2c1OCO2)C(=O)O. The lowest BCUT2D eigenvalue weighted by molar-refractivity contribution is -0.141. The van der Waals surface area contributed by atoms with E-state index < -0.39 is 11.9 Å². The second kappa shape index (κ2) is 6.34. The highest BCUT2D eigenvalue weighted by Gasteiger charge is 2.19. The monoisotopic (exact) mass is 294 g/mol. The van der Waals surface area contributed by atoms with E-state index in [1.54, 1.807) is 20.0 Å². The molecule has 114 valence electrons. The lowest BCUT2D eigenvalue weighted by Crippen LogP contribution is -2.40. The molecule has 0 spiro atoms. The molecule has 1 atom stereocenters. The highest BCUT2D eigenvalue weighted by molar-refractivity contribution is 5.75. The van der Waals surface area contributed by atoms with Gasteiger partial charge in [-0.05, 0) is 6.07 Å². The van der Waals surface area contributed by atoms with Crippen molar-refractivity contribution in [2.24, 2.45) is 5.92 Å². The Labute approximate surface area is 122 Å². The highest BCUT2D eigenvalue weighted by atomic mass is 16.7. The van der Waals surface area contributed by atoms with Gasteiger partial charge in [0.05, 0.1) is 5.92 Å². The van der Waals surface area contributed by atoms with Crippen LogP contribution in [0.5, 0.6) is 11.5 Å². The number of benzene rings is 1. The van der Waals surface area contributed by atoms with E-state index >= 15 is 0 Å². The van der Waals surface area contributed by atoms with Gasteiger partial charge in [0, 0.05) is 25.7 Å². The van der Waals surface area contributed by atoms with Crippen molar-refractivity contribution >= 4 is 12.0 Å². The van der Waals surface area contributed by atoms with Crippen molar-refractivity contribution < 1.29 is 24.2 Å². The van der Waals surface area contributed by atoms with Crippen LogP contribution in [0, 0.1) is 5.92 Å². The summed E-state index contributed by atoms with van der Waals surface area (Å²) in [7, 11) is 1.56. The summed E-state index contributed by atoms with van der Waals surface area (Å²) in [6.07, 6.45) is 0. The molecule has 0 saturated carbocycles. The van der Waals surface area contributed by atoms with Crippen molar-refractivity contribution in [2.75, 3.05) is 20.4 Å². The van der Waals surface area contributed by atoms with Crippen molar-refractivity contribution in [2.45, 2.75) is 13.5 Å². The van der Waals surface area contributed by atoms with Crippen LogP contribution < -0.4 is 14.8 Å². The average Bonchev–Trinajstić information content (AvgIpc) is 2.93. The van der Waals surface area contributed by atoms with Gasteiger partial charge in [0.1, 0.15) is 0 Å². The normalized spacial score (nSPS) is 13.6. The topological polar surface area (TPSA) is 88.1 Å². The smallest absolute Gasteiger partial charge is 0.317 e. The number of carbonyl (C=O) groups excluding carboxylic acids is 1. The number of rotatable bonds is 5. The lowest BCUT2D eigenvalue weighted by atomic mass is 10.2. The van der Waals surface area contributed by atoms with Crippen LogP contribution in [0.15, 0.2) is 18.2 Å². The first-order valence-electron chi connectivity index (χ1n) is 6.58. The first-order valence-corrected chi connectivity index (χ1v) is 6.58. The number of para-hydroxylation sites is 1. The average molecular weight is 294 g/mol. The molecule has 1 aliphatic heterocycles. The van der Waals surface area contributed by atoms with Gasteiger partial charge in [-0.25, -0.2) is 4.79 Å². The van der Waals surface area contributed by atoms with Crippen molar-refractivity contribution in [3.05, 3.63) is 23.8 Å². The summed E-state index contributed by atoms with van der Waals surface area (Å²) in [5, 5.41) is 11.6. The quantitative estimate of drug-likeness (QED) is 0.854. The molecule has 7 heteroatoms. The number of carboxylic acids is 1. The van der Waals surface area contributed by atoms with Crippen LogP contribution in [0.3, 0.4) is 0 Å². The first-order chi connectivity index (χ1) is 9.99. The largest absolute Gasteiger partial charge is 0.481 e. The van der Waals surface area contributed by atoms with Crippen LogP contribution >= 0.6 is 0 Å². The summed E-state index contributed by atoms with van der Waals surface area (Å²) >= 11 is 0. The molecular weight excluding hydrogens is 276 g/mol. The number of urea groups is 1. The number of hydrogen-bond acceptors (Lipinski definition) is 4. The summed E-state index contributed by atoms with van der Waals surface area (Å²) in [5.74, 6) is -0.242. The molecule has 0 saturated heterocycles. The molecule has 0 aromatic heterocycles. The Balaban J connectivity index is 1.90. The van der Waals surface area contributed by atoms with Gasteiger partial charge in [-0.1, -0.05) is 19.1 Å². The fourth-order valence-electron chi connectivity index (χ4n) is 2.01. The van der Waals surface area contributed by atoms with Crippen LogP contribution in [-0.2, 0) is 11.3 Å². The second-order valence-electron chi connectivity index (χ2n) is 4.93. The van der Waals surface area contributed by atoms with Crippen LogP contribution in [0.25, 0.3) is 0 Å². The Morgan fingerprint density at radius 1 is 1.43 bits per heavy atom. The van der Waals surface area contributed by atoms with E-state index in [0.29, 0.717) is 11.5 Å². The molecule has 2 rings (SSSR count). The minimum absolute atomic E-state index is 0.147. The molecule has 1 aromatic carbocycles. The molecule has 1 aromatic rings. The minimum atomic E-state index is -0.930. The Bertz CT molecular complexity index is 546. The van der Waals surface area contributed by atoms with Gasteiger partial charge in [0.15, 0.2) is 11.5 Å². The number of carboxylic acid groups (broad SMARTS) is 1. The number of nitrogens with one attached hydrogen (secondary N) is 1. The summed E-state index contributed by atoms with van der Waals surface area (Å²) in [6.45, 7) is 2.17. The number of nitrogens with zero attached hydrogens (tertiary/aromatic N) is 1. The fourth-order valence-corrected chi connectivity index (χ4v) is 2.01. The zero-order chi connectivity index (χ0) is 15.4. The second-order valence-corrected chi connectivity index (χ2v) is 4.93. The number of carbonyl (C=O) groups is 2. The van der Waals surface area contributed by atoms with E-state index in [0.717, 1.165) is 5.56 Å². The third kappa shape index (κ3) is 3.56. The van der Waals surface area contributed by atoms with E-state index in [9.17, 15) is 9.59 Å². The minimum Gasteiger partial charge on any atom is -0.481 e. The fraction of sp³-hybridized carbons (Fsp3) is 0.429. The molecular formula is C14H18N2O5. The summed E-state index contributed by atoms with van der Waals surface area (Å²) in [4.78, 5) is 24.0. The van der Waals surface area contributed by atoms with Gasteiger partial charge in [0.2, 0.25) is 6.79 Å². The van der Waals surface area contributed by atoms with Gasteiger partial charge in [-0.3, -0.25) is 4.79 Å². The molecule has 0 aliphatic carbocycles. The van der Waals surface area contributed by atoms with E-state index in [2.05, 4.69) is 5.32 Å². The lowest BCUT2D eigenvalue weighted by Gasteiger charge is -2.20. The van der Waals surface area contributed by atoms with Crippen molar-refractivity contribution in [3.8, 4) is 11.5 Å². The van der Waals surface area contributed by atoms with Gasteiger partial charge in [0.25, 0.3) is 0 Å². The molecule has 0 fully saturated rings. The number of aliphatic carboxylic acids is 1. The Hall–Kier alpha value is -2.44. The molecule has 2 N–H and O–H groups in total. The maximum Gasteiger partial charge on any atom is 0.317 e. The van der Waals surface area contributed by atoms with Gasteiger partial charge < -0.3 is 24.8 Å². The zero-order valence-electron chi connectivity index (χ0n) is 12.0. The molecule has 7 nitrogen and oxygen atoms in total. The highest BCUT2D eigenvalue weighted by Crippen LogP contribution is 2.35. The third-order valence-electron chi connectivity index (χ3n) is 3.22. The van der Waals surface area contributed by atoms with Crippen molar-refractivity contribution in [3.63, 3.8) is 0 Å². The summed E-state index contributed by atoms with van der Waals surface area (Å²) < 4.78 is 10.6. The Morgan fingerprint density at radius 2 is 2.19 bits per heavy atom. The van der Waals surface area contributed by atoms with E-state index in [4.69, 9.17) is 14.6 Å². The van der Waals surface area contributed by atoms with Crippen molar-refractivity contribution in [1.82, 2.24) is 10.2 Å². The maximum atomic E-state index is 11.9. The first kappa shape index (κ1) is 15.0. The molecule has 21 heavy (non-hydrogen) atoms. The van der Waals surface area contributed by atoms with Crippen LogP contribution in [-0.4, -0.2) is 42.4 Å². The molecule has 0 bridgehead atoms. The van der Waals surface area contributed by atoms with Crippen LogP contribution in [0.4, 0.5) is 4.79 Å². The van der Waals surface area contributed by atoms with Crippen LogP contribution in [0.1, 0.15) is 12.5 Å². The molecule has 0 radical (unpaired) electrons. The molecule has 2 amide bonds. The molecule has 1 unspecified atom stereocenters. The number of ether oxygens (including phenoxy) is 2. The number of amides is 2. The van der Waals surface area contributed by atoms with E-state index in [1.807, 2.05) is 12.1 Å². The predicted molar refractivity (Wildman–Crippen MR) is 74.2 cm³/mol. The summed E-state index contributed by atoms with van der Waals surface area (Å²) in [5.41, 5.74) is 0.818. The summed E-state index contributed by atoms with van der Waals surface area (Å²) in [6, 6.07) is 5.13. The Kier molecular flexibility index (Phi) is 4.52. The third-order valence-corrected chi connectivity index (χ3v) is 3.22. The van der Waals surface area contributed by atoms with Crippen LogP contribution in [0.2, 0.25) is 0 Å². The molecule has 1 heterocycles. The van der Waals surface area contributed by atoms with Gasteiger partial charge in [-0.2, -0.15) is 0 Å². The van der Waals surface area contributed by atoms with Crippen molar-refractivity contribution in [1.29, 1.82) is 0 Å². The Morgan fingerprint density at radius 3 is 2.90 bits per heavy atom. The standard InChI is InChI=1S/C14H18N2O5/c1-9(13(17)18)7-16(2)14(19)15-6-10-4-3-5-11-12(10)21-8-20-11/h3-5,9H,6-8H2,1-2H3,(H,15,19)(H,17,18).